The number of amides is 1. The van der Waals surface area contributed by atoms with Gasteiger partial charge in [-0.3, -0.25) is 14.7 Å². The van der Waals surface area contributed by atoms with Crippen molar-refractivity contribution in [3.63, 3.8) is 0 Å². The van der Waals surface area contributed by atoms with Crippen LogP contribution in [0.5, 0.6) is 0 Å². The highest BCUT2D eigenvalue weighted by Crippen LogP contribution is 2.46. The highest BCUT2D eigenvalue weighted by Gasteiger charge is 2.53. The number of hydrogen-bond donors (Lipinski definition) is 0. The summed E-state index contributed by atoms with van der Waals surface area (Å²) in [5.41, 5.74) is 3.80. The normalized spacial score (nSPS) is 25.0. The number of nitrogens with zero attached hydrogens (tertiary/aromatic N) is 3. The number of fused-ring (bicyclic) bond motifs is 2. The predicted octanol–water partition coefficient (Wildman–Crippen LogP) is 2.26. The summed E-state index contributed by atoms with van der Waals surface area (Å²) in [6, 6.07) is 8.21. The number of benzene rings is 1. The van der Waals surface area contributed by atoms with Crippen molar-refractivity contribution in [1.82, 2.24) is 9.88 Å². The van der Waals surface area contributed by atoms with E-state index < -0.39 is 0 Å². The van der Waals surface area contributed by atoms with Gasteiger partial charge in [0.2, 0.25) is 5.91 Å². The van der Waals surface area contributed by atoms with Gasteiger partial charge in [-0.1, -0.05) is 18.2 Å². The van der Waals surface area contributed by atoms with Crippen molar-refractivity contribution >= 4 is 22.9 Å². The van der Waals surface area contributed by atoms with Gasteiger partial charge in [0.15, 0.2) is 0 Å². The third-order valence-corrected chi connectivity index (χ3v) is 5.47. The molecule has 4 rings (SSSR count). The van der Waals surface area contributed by atoms with Gasteiger partial charge in [0.1, 0.15) is 0 Å². The molecule has 1 amide bonds. The highest BCUT2D eigenvalue weighted by molar-refractivity contribution is 7.09. The van der Waals surface area contributed by atoms with Crippen molar-refractivity contribution in [3.8, 4) is 0 Å². The fourth-order valence-electron chi connectivity index (χ4n) is 3.68. The molecule has 3 heterocycles. The second kappa shape index (κ2) is 4.64. The molecule has 1 fully saturated rings. The minimum absolute atomic E-state index is 0.246. The summed E-state index contributed by atoms with van der Waals surface area (Å²) in [6.45, 7) is 2.67. The molecule has 21 heavy (non-hydrogen) atoms. The SMILES string of the molecule is CN1C(=O)C2(CCN(Cc3cncs3)C2)c2ccccc21. The average Bonchev–Trinajstić information content (AvgIpc) is 3.20. The van der Waals surface area contributed by atoms with Crippen LogP contribution in [-0.2, 0) is 16.8 Å². The van der Waals surface area contributed by atoms with E-state index in [1.165, 1.54) is 10.4 Å². The van der Waals surface area contributed by atoms with Crippen LogP contribution >= 0.6 is 11.3 Å². The van der Waals surface area contributed by atoms with Gasteiger partial charge in [-0.25, -0.2) is 0 Å². The minimum atomic E-state index is -0.337. The maximum atomic E-state index is 12.8. The Kier molecular flexibility index (Phi) is 2.87. The molecule has 1 aromatic carbocycles. The fraction of sp³-hybridized carbons (Fsp3) is 0.375. The van der Waals surface area contributed by atoms with Crippen LogP contribution in [0.1, 0.15) is 16.9 Å². The Hall–Kier alpha value is -1.72. The molecule has 1 aromatic heterocycles. The zero-order valence-corrected chi connectivity index (χ0v) is 12.8. The number of carbonyl (C=O) groups is 1. The van der Waals surface area contributed by atoms with Crippen LogP contribution in [0.2, 0.25) is 0 Å². The molecule has 108 valence electrons. The van der Waals surface area contributed by atoms with Crippen LogP contribution in [0.4, 0.5) is 5.69 Å². The summed E-state index contributed by atoms with van der Waals surface area (Å²) in [5.74, 6) is 0.246. The first-order valence-electron chi connectivity index (χ1n) is 7.18. The van der Waals surface area contributed by atoms with Gasteiger partial charge < -0.3 is 4.90 Å². The quantitative estimate of drug-likeness (QED) is 0.853. The molecule has 2 aliphatic heterocycles. The van der Waals surface area contributed by atoms with E-state index in [0.29, 0.717) is 0 Å². The molecule has 0 aliphatic carbocycles. The summed E-state index contributed by atoms with van der Waals surface area (Å²) in [6.07, 6.45) is 2.83. The predicted molar refractivity (Wildman–Crippen MR) is 83.5 cm³/mol. The molecule has 1 spiro atoms. The van der Waals surface area contributed by atoms with E-state index in [2.05, 4.69) is 16.0 Å². The first kappa shape index (κ1) is 13.0. The van der Waals surface area contributed by atoms with E-state index in [-0.39, 0.29) is 11.3 Å². The molecule has 1 unspecified atom stereocenters. The largest absolute Gasteiger partial charge is 0.314 e. The number of carbonyl (C=O) groups excluding carboxylic acids is 1. The Morgan fingerprint density at radius 1 is 1.38 bits per heavy atom. The van der Waals surface area contributed by atoms with Crippen LogP contribution < -0.4 is 4.90 Å². The molecule has 4 nitrogen and oxygen atoms in total. The molecule has 1 atom stereocenters. The molecular formula is C16H17N3OS. The van der Waals surface area contributed by atoms with Gasteiger partial charge in [-0.2, -0.15) is 0 Å². The highest BCUT2D eigenvalue weighted by atomic mass is 32.1. The number of likely N-dealkylation sites (N-methyl/N-ethyl adjacent to an activating group) is 1. The molecule has 5 heteroatoms. The summed E-state index contributed by atoms with van der Waals surface area (Å²) in [5, 5.41) is 0. The average molecular weight is 299 g/mol. The molecule has 2 aliphatic rings. The lowest BCUT2D eigenvalue weighted by Gasteiger charge is -2.23. The lowest BCUT2D eigenvalue weighted by Crippen LogP contribution is -2.40. The molecule has 0 radical (unpaired) electrons. The van der Waals surface area contributed by atoms with Crippen molar-refractivity contribution in [2.24, 2.45) is 0 Å². The van der Waals surface area contributed by atoms with Crippen molar-refractivity contribution < 1.29 is 4.79 Å². The second-order valence-electron chi connectivity index (χ2n) is 5.89. The lowest BCUT2D eigenvalue weighted by molar-refractivity contribution is -0.122. The van der Waals surface area contributed by atoms with Crippen molar-refractivity contribution in [2.45, 2.75) is 18.4 Å². The number of likely N-dealkylation sites (tertiary alicyclic amines) is 1. The summed E-state index contributed by atoms with van der Waals surface area (Å²) in [7, 11) is 1.89. The van der Waals surface area contributed by atoms with Crippen LogP contribution in [0, 0.1) is 0 Å². The first-order valence-corrected chi connectivity index (χ1v) is 8.06. The Bertz CT molecular complexity index is 685. The third-order valence-electron chi connectivity index (χ3n) is 4.71. The zero-order valence-electron chi connectivity index (χ0n) is 12.0. The second-order valence-corrected chi connectivity index (χ2v) is 6.86. The van der Waals surface area contributed by atoms with E-state index in [0.717, 1.165) is 31.7 Å². The molecule has 0 N–H and O–H groups in total. The molecule has 1 saturated heterocycles. The molecular weight excluding hydrogens is 282 g/mol. The maximum absolute atomic E-state index is 12.8. The maximum Gasteiger partial charge on any atom is 0.238 e. The first-order chi connectivity index (χ1) is 10.2. The third kappa shape index (κ3) is 1.84. The van der Waals surface area contributed by atoms with Crippen LogP contribution in [0.15, 0.2) is 36.0 Å². The van der Waals surface area contributed by atoms with E-state index in [1.807, 2.05) is 41.9 Å². The standard InChI is InChI=1S/C16H17N3OS/c1-18-14-5-3-2-4-13(14)16(15(18)20)6-7-19(10-16)9-12-8-17-11-21-12/h2-5,8,11H,6-7,9-10H2,1H3. The number of hydrogen-bond acceptors (Lipinski definition) is 4. The van der Waals surface area contributed by atoms with Crippen molar-refractivity contribution in [1.29, 1.82) is 0 Å². The van der Waals surface area contributed by atoms with Crippen molar-refractivity contribution in [2.75, 3.05) is 25.0 Å². The minimum Gasteiger partial charge on any atom is -0.314 e. The van der Waals surface area contributed by atoms with Crippen LogP contribution in [0.25, 0.3) is 0 Å². The fourth-order valence-corrected chi connectivity index (χ4v) is 4.31. The summed E-state index contributed by atoms with van der Waals surface area (Å²) in [4.78, 5) is 22.4. The van der Waals surface area contributed by atoms with E-state index in [9.17, 15) is 4.79 Å². The van der Waals surface area contributed by atoms with E-state index in [1.54, 1.807) is 11.3 Å². The van der Waals surface area contributed by atoms with Gasteiger partial charge in [0.25, 0.3) is 0 Å². The summed E-state index contributed by atoms with van der Waals surface area (Å²) < 4.78 is 0. The van der Waals surface area contributed by atoms with Crippen molar-refractivity contribution in [3.05, 3.63) is 46.4 Å². The van der Waals surface area contributed by atoms with E-state index >= 15 is 0 Å². The number of rotatable bonds is 2. The Balaban J connectivity index is 1.65. The van der Waals surface area contributed by atoms with Gasteiger partial charge in [0.05, 0.1) is 10.9 Å². The number of para-hydroxylation sites is 1. The van der Waals surface area contributed by atoms with Crippen LogP contribution in [0.3, 0.4) is 0 Å². The number of anilines is 1. The Morgan fingerprint density at radius 3 is 3.05 bits per heavy atom. The zero-order chi connectivity index (χ0) is 14.4. The number of aromatic nitrogens is 1. The Morgan fingerprint density at radius 2 is 2.24 bits per heavy atom. The number of thiazole rings is 1. The van der Waals surface area contributed by atoms with Gasteiger partial charge >= 0.3 is 0 Å². The lowest BCUT2D eigenvalue weighted by atomic mass is 9.81. The molecule has 2 aromatic rings. The molecule has 0 saturated carbocycles. The van der Waals surface area contributed by atoms with Crippen LogP contribution in [-0.4, -0.2) is 35.9 Å². The monoisotopic (exact) mass is 299 g/mol. The topological polar surface area (TPSA) is 36.4 Å². The van der Waals surface area contributed by atoms with E-state index in [4.69, 9.17) is 0 Å². The Labute approximate surface area is 128 Å². The van der Waals surface area contributed by atoms with Gasteiger partial charge in [0, 0.05) is 36.9 Å². The molecule has 0 bridgehead atoms. The van der Waals surface area contributed by atoms with Gasteiger partial charge in [-0.05, 0) is 24.6 Å². The van der Waals surface area contributed by atoms with Gasteiger partial charge in [-0.15, -0.1) is 11.3 Å². The smallest absolute Gasteiger partial charge is 0.238 e. The summed E-state index contributed by atoms with van der Waals surface area (Å²) >= 11 is 1.68.